The molecule has 0 radical (unpaired) electrons. The van der Waals surface area contributed by atoms with Gasteiger partial charge in [-0.1, -0.05) is 49.5 Å². The van der Waals surface area contributed by atoms with Crippen molar-refractivity contribution in [3.63, 3.8) is 0 Å². The zero-order chi connectivity index (χ0) is 13.2. The minimum Gasteiger partial charge on any atom is -0.392 e. The Labute approximate surface area is 113 Å². The summed E-state index contributed by atoms with van der Waals surface area (Å²) in [6.45, 7) is 2.88. The number of hydrogen-bond donors (Lipinski definition) is 2. The summed E-state index contributed by atoms with van der Waals surface area (Å²) < 4.78 is 0. The Bertz CT molecular complexity index is 454. The molecule has 96 valence electrons. The molecule has 1 fully saturated rings. The van der Waals surface area contributed by atoms with E-state index in [9.17, 15) is 4.79 Å². The quantitative estimate of drug-likeness (QED) is 0.798. The van der Waals surface area contributed by atoms with E-state index in [4.69, 9.17) is 18.0 Å². The van der Waals surface area contributed by atoms with Crippen molar-refractivity contribution in [3.8, 4) is 0 Å². The highest BCUT2D eigenvalue weighted by atomic mass is 32.1. The van der Waals surface area contributed by atoms with Crippen molar-refractivity contribution < 1.29 is 4.79 Å². The smallest absolute Gasteiger partial charge is 0.234 e. The topological polar surface area (TPSA) is 55.1 Å². The second-order valence-electron chi connectivity index (χ2n) is 5.27. The second-order valence-corrected chi connectivity index (χ2v) is 5.75. The monoisotopic (exact) mass is 262 g/mol. The molecule has 1 unspecified atom stereocenters. The van der Waals surface area contributed by atoms with Crippen molar-refractivity contribution in [2.75, 3.05) is 6.54 Å². The summed E-state index contributed by atoms with van der Waals surface area (Å²) in [6.07, 6.45) is 2.35. The normalized spacial score (nSPS) is 17.8. The van der Waals surface area contributed by atoms with E-state index in [0.29, 0.717) is 6.54 Å². The van der Waals surface area contributed by atoms with Crippen molar-refractivity contribution in [1.29, 1.82) is 0 Å². The lowest BCUT2D eigenvalue weighted by Crippen LogP contribution is -2.38. The second kappa shape index (κ2) is 5.06. The van der Waals surface area contributed by atoms with Crippen LogP contribution in [0.25, 0.3) is 0 Å². The van der Waals surface area contributed by atoms with Gasteiger partial charge in [0.25, 0.3) is 0 Å². The highest BCUT2D eigenvalue weighted by molar-refractivity contribution is 7.80. The molecule has 1 aromatic carbocycles. The van der Waals surface area contributed by atoms with E-state index in [1.807, 2.05) is 30.3 Å². The molecule has 3 nitrogen and oxygen atoms in total. The minimum atomic E-state index is -0.524. The van der Waals surface area contributed by atoms with Crippen molar-refractivity contribution in [3.05, 3.63) is 35.9 Å². The molecular weight excluding hydrogens is 244 g/mol. The van der Waals surface area contributed by atoms with Crippen LogP contribution in [-0.4, -0.2) is 17.4 Å². The lowest BCUT2D eigenvalue weighted by atomic mass is 9.98. The first kappa shape index (κ1) is 13.0. The average Bonchev–Trinajstić information content (AvgIpc) is 3.07. The molecule has 1 aliphatic rings. The molecule has 1 aromatic rings. The summed E-state index contributed by atoms with van der Waals surface area (Å²) in [4.78, 5) is 12.4. The number of carbonyl (C=O) groups excluding carboxylic acids is 1. The van der Waals surface area contributed by atoms with Crippen molar-refractivity contribution in [2.24, 2.45) is 11.1 Å². The molecule has 1 saturated carbocycles. The molecular formula is C14H18N2OS. The van der Waals surface area contributed by atoms with Crippen LogP contribution in [0.5, 0.6) is 0 Å². The van der Waals surface area contributed by atoms with Crippen LogP contribution in [0.3, 0.4) is 0 Å². The minimum absolute atomic E-state index is 0.0955. The fourth-order valence-corrected chi connectivity index (χ4v) is 2.13. The van der Waals surface area contributed by atoms with E-state index >= 15 is 0 Å². The summed E-state index contributed by atoms with van der Waals surface area (Å²) in [5, 5.41) is 2.96. The number of thiocarbonyl (C=S) groups is 1. The van der Waals surface area contributed by atoms with E-state index in [0.717, 1.165) is 5.56 Å². The Kier molecular flexibility index (Phi) is 3.66. The third-order valence-corrected chi connectivity index (χ3v) is 3.71. The Balaban J connectivity index is 2.05. The van der Waals surface area contributed by atoms with Gasteiger partial charge in [0.2, 0.25) is 5.91 Å². The van der Waals surface area contributed by atoms with Crippen molar-refractivity contribution in [1.82, 2.24) is 5.32 Å². The number of amides is 1. The van der Waals surface area contributed by atoms with Gasteiger partial charge in [-0.3, -0.25) is 4.79 Å². The summed E-state index contributed by atoms with van der Waals surface area (Å²) in [6, 6.07) is 9.43. The van der Waals surface area contributed by atoms with E-state index in [1.165, 1.54) is 12.8 Å². The Morgan fingerprint density at radius 2 is 2.06 bits per heavy atom. The summed E-state index contributed by atoms with van der Waals surface area (Å²) in [5.74, 6) is -0.620. The lowest BCUT2D eigenvalue weighted by Gasteiger charge is -2.17. The molecule has 0 spiro atoms. The molecule has 1 atom stereocenters. The third kappa shape index (κ3) is 3.07. The van der Waals surface area contributed by atoms with Crippen LogP contribution in [0.4, 0.5) is 0 Å². The Morgan fingerprint density at radius 3 is 2.56 bits per heavy atom. The predicted molar refractivity (Wildman–Crippen MR) is 76.3 cm³/mol. The first-order valence-electron chi connectivity index (χ1n) is 6.14. The SMILES string of the molecule is CC1(CNC(=O)C(C(N)=S)c2ccccc2)CC1. The van der Waals surface area contributed by atoms with Crippen LogP contribution in [-0.2, 0) is 4.79 Å². The van der Waals surface area contributed by atoms with Crippen LogP contribution in [0.1, 0.15) is 31.2 Å². The standard InChI is InChI=1S/C14H18N2OS/c1-14(7-8-14)9-16-13(17)11(12(15)18)10-5-3-2-4-6-10/h2-6,11H,7-9H2,1H3,(H2,15,18)(H,16,17). The molecule has 0 aromatic heterocycles. The van der Waals surface area contributed by atoms with Crippen molar-refractivity contribution in [2.45, 2.75) is 25.7 Å². The van der Waals surface area contributed by atoms with Gasteiger partial charge in [0.05, 0.1) is 4.99 Å². The van der Waals surface area contributed by atoms with Crippen LogP contribution in [0.15, 0.2) is 30.3 Å². The van der Waals surface area contributed by atoms with E-state index in [-0.39, 0.29) is 16.3 Å². The zero-order valence-electron chi connectivity index (χ0n) is 10.5. The van der Waals surface area contributed by atoms with Crippen LogP contribution < -0.4 is 11.1 Å². The van der Waals surface area contributed by atoms with E-state index in [1.54, 1.807) is 0 Å². The van der Waals surface area contributed by atoms with Crippen molar-refractivity contribution >= 4 is 23.1 Å². The van der Waals surface area contributed by atoms with E-state index in [2.05, 4.69) is 12.2 Å². The number of nitrogens with one attached hydrogen (secondary N) is 1. The number of rotatable bonds is 5. The van der Waals surface area contributed by atoms with Crippen LogP contribution in [0, 0.1) is 5.41 Å². The number of hydrogen-bond acceptors (Lipinski definition) is 2. The van der Waals surface area contributed by atoms with Crippen LogP contribution >= 0.6 is 12.2 Å². The van der Waals surface area contributed by atoms with Gasteiger partial charge in [0.15, 0.2) is 0 Å². The number of carbonyl (C=O) groups is 1. The molecule has 1 aliphatic carbocycles. The molecule has 0 bridgehead atoms. The first-order chi connectivity index (χ1) is 8.52. The molecule has 0 heterocycles. The first-order valence-corrected chi connectivity index (χ1v) is 6.55. The highest BCUT2D eigenvalue weighted by Crippen LogP contribution is 2.44. The van der Waals surface area contributed by atoms with Gasteiger partial charge in [-0.05, 0) is 23.8 Å². The molecule has 1 amide bonds. The summed E-state index contributed by atoms with van der Waals surface area (Å²) >= 11 is 5.02. The number of nitrogens with two attached hydrogens (primary N) is 1. The molecule has 0 saturated heterocycles. The van der Waals surface area contributed by atoms with E-state index < -0.39 is 5.92 Å². The summed E-state index contributed by atoms with van der Waals surface area (Å²) in [7, 11) is 0. The number of benzene rings is 1. The van der Waals surface area contributed by atoms with Gasteiger partial charge in [-0.2, -0.15) is 0 Å². The maximum absolute atomic E-state index is 12.2. The fraction of sp³-hybridized carbons (Fsp3) is 0.429. The average molecular weight is 262 g/mol. The Morgan fingerprint density at radius 1 is 1.44 bits per heavy atom. The largest absolute Gasteiger partial charge is 0.392 e. The van der Waals surface area contributed by atoms with Gasteiger partial charge < -0.3 is 11.1 Å². The van der Waals surface area contributed by atoms with Gasteiger partial charge in [-0.15, -0.1) is 0 Å². The highest BCUT2D eigenvalue weighted by Gasteiger charge is 2.38. The van der Waals surface area contributed by atoms with Gasteiger partial charge in [-0.25, -0.2) is 0 Å². The summed E-state index contributed by atoms with van der Waals surface area (Å²) in [5.41, 5.74) is 6.83. The molecule has 3 N–H and O–H groups in total. The molecule has 0 aliphatic heterocycles. The predicted octanol–water partition coefficient (Wildman–Crippen LogP) is 1.97. The zero-order valence-corrected chi connectivity index (χ0v) is 11.3. The van der Waals surface area contributed by atoms with Gasteiger partial charge in [0.1, 0.15) is 5.92 Å². The van der Waals surface area contributed by atoms with Crippen LogP contribution in [0.2, 0.25) is 0 Å². The Hall–Kier alpha value is -1.42. The third-order valence-electron chi connectivity index (χ3n) is 3.47. The molecule has 2 rings (SSSR count). The molecule has 4 heteroatoms. The van der Waals surface area contributed by atoms with Gasteiger partial charge >= 0.3 is 0 Å². The lowest BCUT2D eigenvalue weighted by molar-refractivity contribution is -0.121. The molecule has 18 heavy (non-hydrogen) atoms. The maximum atomic E-state index is 12.2. The maximum Gasteiger partial charge on any atom is 0.234 e. The van der Waals surface area contributed by atoms with Gasteiger partial charge in [0, 0.05) is 6.54 Å². The fourth-order valence-electron chi connectivity index (χ4n) is 1.88.